The number of aromatic nitrogens is 1. The van der Waals surface area contributed by atoms with E-state index in [4.69, 9.17) is 4.42 Å². The maximum absolute atomic E-state index is 13.2. The molecule has 0 bridgehead atoms. The minimum Gasteiger partial charge on any atom is -0.431 e. The molecule has 30 heavy (non-hydrogen) atoms. The highest BCUT2D eigenvalue weighted by atomic mass is 32.2. The molecule has 0 aliphatic rings. The highest BCUT2D eigenvalue weighted by molar-refractivity contribution is 7.99. The number of benzene rings is 3. The van der Waals surface area contributed by atoms with Gasteiger partial charge >= 0.3 is 0 Å². The summed E-state index contributed by atoms with van der Waals surface area (Å²) in [5.41, 5.74) is 3.85. The van der Waals surface area contributed by atoms with Gasteiger partial charge in [0.05, 0.1) is 5.75 Å². The summed E-state index contributed by atoms with van der Waals surface area (Å²) in [5, 5.41) is 3.21. The van der Waals surface area contributed by atoms with E-state index >= 15 is 0 Å². The molecule has 150 valence electrons. The second kappa shape index (κ2) is 8.97. The Morgan fingerprint density at radius 1 is 1.00 bits per heavy atom. The Bertz CT molecular complexity index is 1100. The number of nitrogens with zero attached hydrogens (tertiary/aromatic N) is 1. The lowest BCUT2D eigenvalue weighted by Gasteiger charge is -2.07. The lowest BCUT2D eigenvalue weighted by molar-refractivity contribution is -0.113. The van der Waals surface area contributed by atoms with E-state index in [1.807, 2.05) is 60.7 Å². The highest BCUT2D eigenvalue weighted by Crippen LogP contribution is 2.35. The van der Waals surface area contributed by atoms with Crippen LogP contribution >= 0.6 is 11.8 Å². The van der Waals surface area contributed by atoms with Gasteiger partial charge in [-0.15, -0.1) is 0 Å². The van der Waals surface area contributed by atoms with E-state index in [1.54, 1.807) is 13.0 Å². The predicted octanol–water partition coefficient (Wildman–Crippen LogP) is 6.19. The van der Waals surface area contributed by atoms with Crippen LogP contribution in [-0.4, -0.2) is 16.6 Å². The van der Waals surface area contributed by atoms with Crippen molar-refractivity contribution in [3.8, 4) is 22.6 Å². The van der Waals surface area contributed by atoms with Gasteiger partial charge in [0.15, 0.2) is 5.76 Å². The van der Waals surface area contributed by atoms with Crippen LogP contribution in [0.4, 0.5) is 10.1 Å². The normalized spacial score (nSPS) is 10.7. The highest BCUT2D eigenvalue weighted by Gasteiger charge is 2.18. The number of carbonyl (C=O) groups excluding carboxylic acids is 1. The van der Waals surface area contributed by atoms with Crippen molar-refractivity contribution in [2.75, 3.05) is 11.1 Å². The van der Waals surface area contributed by atoms with E-state index < -0.39 is 0 Å². The molecule has 4 aromatic rings. The average molecular weight is 418 g/mol. The maximum atomic E-state index is 13.2. The number of thioether (sulfide) groups is 1. The van der Waals surface area contributed by atoms with Gasteiger partial charge in [0.2, 0.25) is 5.91 Å². The lowest BCUT2D eigenvalue weighted by atomic mass is 10.1. The molecule has 4 nitrogen and oxygen atoms in total. The molecule has 1 amide bonds. The van der Waals surface area contributed by atoms with Crippen LogP contribution in [-0.2, 0) is 4.79 Å². The van der Waals surface area contributed by atoms with E-state index in [9.17, 15) is 9.18 Å². The van der Waals surface area contributed by atoms with Crippen LogP contribution in [0.3, 0.4) is 0 Å². The van der Waals surface area contributed by atoms with Crippen molar-refractivity contribution in [3.05, 3.63) is 90.2 Å². The number of rotatable bonds is 6. The number of oxazole rings is 1. The molecule has 0 aliphatic heterocycles. The third-order valence-electron chi connectivity index (χ3n) is 4.48. The zero-order valence-electron chi connectivity index (χ0n) is 16.3. The first-order chi connectivity index (χ1) is 14.6. The van der Waals surface area contributed by atoms with Gasteiger partial charge in [-0.3, -0.25) is 4.79 Å². The molecule has 0 spiro atoms. The monoisotopic (exact) mass is 418 g/mol. The standard InChI is InChI=1S/C24H19FN2O2S/c1-16-14-19(25)12-13-20(16)26-21(28)15-30-24-27-22(17-8-4-2-5-9-17)23(29-24)18-10-6-3-7-11-18/h2-14H,15H2,1H3,(H,26,28). The summed E-state index contributed by atoms with van der Waals surface area (Å²) in [6.45, 7) is 1.75. The summed E-state index contributed by atoms with van der Waals surface area (Å²) in [7, 11) is 0. The molecule has 4 rings (SSSR count). The van der Waals surface area contributed by atoms with E-state index in [1.165, 1.54) is 23.9 Å². The lowest BCUT2D eigenvalue weighted by Crippen LogP contribution is -2.14. The Kier molecular flexibility index (Phi) is 5.95. The third kappa shape index (κ3) is 4.60. The van der Waals surface area contributed by atoms with Gasteiger partial charge in [-0.05, 0) is 30.7 Å². The number of halogens is 1. The van der Waals surface area contributed by atoms with Crippen molar-refractivity contribution in [1.29, 1.82) is 0 Å². The van der Waals surface area contributed by atoms with Gasteiger partial charge in [-0.1, -0.05) is 72.4 Å². The van der Waals surface area contributed by atoms with Crippen LogP contribution in [0.5, 0.6) is 0 Å². The van der Waals surface area contributed by atoms with Crippen LogP contribution in [0.15, 0.2) is 88.5 Å². The van der Waals surface area contributed by atoms with Gasteiger partial charge < -0.3 is 9.73 Å². The van der Waals surface area contributed by atoms with Gasteiger partial charge in [0, 0.05) is 16.8 Å². The number of hydrogen-bond donors (Lipinski definition) is 1. The van der Waals surface area contributed by atoms with Crippen LogP contribution in [0.25, 0.3) is 22.6 Å². The first-order valence-corrected chi connectivity index (χ1v) is 10.4. The first kappa shape index (κ1) is 19.9. The maximum Gasteiger partial charge on any atom is 0.257 e. The Morgan fingerprint density at radius 2 is 1.67 bits per heavy atom. The average Bonchev–Trinajstić information content (AvgIpc) is 3.20. The molecular weight excluding hydrogens is 399 g/mol. The molecular formula is C24H19FN2O2S. The Morgan fingerprint density at radius 3 is 2.33 bits per heavy atom. The van der Waals surface area contributed by atoms with Crippen LogP contribution in [0.2, 0.25) is 0 Å². The molecule has 0 unspecified atom stereocenters. The molecule has 0 radical (unpaired) electrons. The molecule has 0 saturated heterocycles. The molecule has 0 saturated carbocycles. The Balaban J connectivity index is 1.53. The van der Waals surface area contributed by atoms with E-state index in [2.05, 4.69) is 10.3 Å². The predicted molar refractivity (Wildman–Crippen MR) is 118 cm³/mol. The number of carbonyl (C=O) groups is 1. The Hall–Kier alpha value is -3.38. The molecule has 1 aromatic heterocycles. The minimum atomic E-state index is -0.332. The zero-order valence-corrected chi connectivity index (χ0v) is 17.1. The summed E-state index contributed by atoms with van der Waals surface area (Å²) in [4.78, 5) is 17.0. The zero-order chi connectivity index (χ0) is 20.9. The summed E-state index contributed by atoms with van der Waals surface area (Å²) in [6, 6.07) is 23.8. The SMILES string of the molecule is Cc1cc(F)ccc1NC(=O)CSc1nc(-c2ccccc2)c(-c2ccccc2)o1. The van der Waals surface area contributed by atoms with Crippen molar-refractivity contribution in [1.82, 2.24) is 4.98 Å². The summed E-state index contributed by atoms with van der Waals surface area (Å²) in [6.07, 6.45) is 0. The molecule has 1 N–H and O–H groups in total. The van der Waals surface area contributed by atoms with Crippen molar-refractivity contribution in [3.63, 3.8) is 0 Å². The summed E-state index contributed by atoms with van der Waals surface area (Å²) < 4.78 is 19.3. The molecule has 0 fully saturated rings. The van der Waals surface area contributed by atoms with Crippen molar-refractivity contribution in [2.24, 2.45) is 0 Å². The first-order valence-electron chi connectivity index (χ1n) is 9.40. The van der Waals surface area contributed by atoms with Gasteiger partial charge in [0.25, 0.3) is 5.22 Å². The number of aryl methyl sites for hydroxylation is 1. The fourth-order valence-electron chi connectivity index (χ4n) is 3.02. The van der Waals surface area contributed by atoms with Gasteiger partial charge in [-0.2, -0.15) is 0 Å². The third-order valence-corrected chi connectivity index (χ3v) is 5.31. The van der Waals surface area contributed by atoms with Crippen molar-refractivity contribution < 1.29 is 13.6 Å². The van der Waals surface area contributed by atoms with Crippen molar-refractivity contribution in [2.45, 2.75) is 12.1 Å². The number of anilines is 1. The largest absolute Gasteiger partial charge is 0.431 e. The number of nitrogens with one attached hydrogen (secondary N) is 1. The fraction of sp³-hybridized carbons (Fsp3) is 0.0833. The van der Waals surface area contributed by atoms with E-state index in [0.29, 0.717) is 22.2 Å². The van der Waals surface area contributed by atoms with E-state index in [0.717, 1.165) is 16.8 Å². The van der Waals surface area contributed by atoms with Crippen LogP contribution in [0.1, 0.15) is 5.56 Å². The van der Waals surface area contributed by atoms with Gasteiger partial charge in [0.1, 0.15) is 11.5 Å². The second-order valence-corrected chi connectivity index (χ2v) is 7.61. The second-order valence-electron chi connectivity index (χ2n) is 6.69. The molecule has 0 aliphatic carbocycles. The van der Waals surface area contributed by atoms with Crippen LogP contribution in [0, 0.1) is 12.7 Å². The number of hydrogen-bond acceptors (Lipinski definition) is 4. The Labute approximate surface area is 178 Å². The topological polar surface area (TPSA) is 55.1 Å². The van der Waals surface area contributed by atoms with Crippen LogP contribution < -0.4 is 5.32 Å². The molecule has 3 aromatic carbocycles. The number of amides is 1. The quantitative estimate of drug-likeness (QED) is 0.380. The molecule has 0 atom stereocenters. The summed E-state index contributed by atoms with van der Waals surface area (Å²) in [5.74, 6) is 0.246. The fourth-order valence-corrected chi connectivity index (χ4v) is 3.64. The smallest absolute Gasteiger partial charge is 0.257 e. The summed E-state index contributed by atoms with van der Waals surface area (Å²) >= 11 is 1.22. The minimum absolute atomic E-state index is 0.125. The molecule has 1 heterocycles. The molecule has 6 heteroatoms. The van der Waals surface area contributed by atoms with E-state index in [-0.39, 0.29) is 17.5 Å². The van der Waals surface area contributed by atoms with Crippen molar-refractivity contribution >= 4 is 23.4 Å². The van der Waals surface area contributed by atoms with Gasteiger partial charge in [-0.25, -0.2) is 9.37 Å².